The molecule has 234 valence electrons. The molecule has 10 nitrogen and oxygen atoms in total. The summed E-state index contributed by atoms with van der Waals surface area (Å²) in [6, 6.07) is 19.6. The van der Waals surface area contributed by atoms with E-state index in [1.54, 1.807) is 38.1 Å². The van der Waals surface area contributed by atoms with Gasteiger partial charge in [-0.15, -0.1) is 10.2 Å². The van der Waals surface area contributed by atoms with Crippen molar-refractivity contribution in [2.24, 2.45) is 4.99 Å². The number of halogens is 1. The number of amides is 2. The summed E-state index contributed by atoms with van der Waals surface area (Å²) in [5.41, 5.74) is 3.29. The number of aryl methyl sites for hydroxylation is 1. The van der Waals surface area contributed by atoms with Gasteiger partial charge < -0.3 is 20.5 Å². The second-order valence-corrected chi connectivity index (χ2v) is 11.8. The van der Waals surface area contributed by atoms with Crippen LogP contribution in [0.25, 0.3) is 5.69 Å². The number of hydrogen-bond acceptors (Lipinski definition) is 7. The SMILES string of the molecule is CCNC(=O)CC1N=C(c2ccc(Cl)cc2)c2cc(OCCCNC(=O)c3cccc(C(C)(C)O)c3)ccc2-n2c(C)nnc21. The van der Waals surface area contributed by atoms with E-state index in [0.29, 0.717) is 65.4 Å². The van der Waals surface area contributed by atoms with Crippen LogP contribution in [0.5, 0.6) is 5.75 Å². The molecule has 0 bridgehead atoms. The van der Waals surface area contributed by atoms with E-state index >= 15 is 0 Å². The van der Waals surface area contributed by atoms with Crippen LogP contribution >= 0.6 is 11.6 Å². The summed E-state index contributed by atoms with van der Waals surface area (Å²) in [6.07, 6.45) is 0.698. The normalized spacial score (nSPS) is 14.1. The van der Waals surface area contributed by atoms with Crippen molar-refractivity contribution in [1.82, 2.24) is 25.4 Å². The van der Waals surface area contributed by atoms with E-state index in [4.69, 9.17) is 21.3 Å². The zero-order valence-corrected chi connectivity index (χ0v) is 26.6. The number of carbonyl (C=O) groups is 2. The Hall–Kier alpha value is -4.54. The first-order chi connectivity index (χ1) is 21.5. The van der Waals surface area contributed by atoms with Gasteiger partial charge in [0.15, 0.2) is 5.82 Å². The number of aliphatic hydroxyl groups is 1. The van der Waals surface area contributed by atoms with Crippen LogP contribution in [0.1, 0.15) is 78.4 Å². The first-order valence-electron chi connectivity index (χ1n) is 15.0. The molecule has 1 unspecified atom stereocenters. The Labute approximate surface area is 267 Å². The lowest BCUT2D eigenvalue weighted by Crippen LogP contribution is -2.26. The van der Waals surface area contributed by atoms with E-state index in [0.717, 1.165) is 16.8 Å². The molecule has 0 fully saturated rings. The van der Waals surface area contributed by atoms with Gasteiger partial charge in [0.25, 0.3) is 5.91 Å². The van der Waals surface area contributed by atoms with Crippen molar-refractivity contribution in [3.05, 3.63) is 106 Å². The molecule has 0 radical (unpaired) electrons. The Bertz CT molecular complexity index is 1730. The lowest BCUT2D eigenvalue weighted by molar-refractivity contribution is -0.121. The minimum atomic E-state index is -1.03. The maximum atomic E-state index is 12.7. The van der Waals surface area contributed by atoms with Crippen molar-refractivity contribution in [1.29, 1.82) is 0 Å². The molecule has 11 heteroatoms. The molecule has 0 saturated carbocycles. The Morgan fingerprint density at radius 3 is 2.56 bits per heavy atom. The van der Waals surface area contributed by atoms with E-state index in [2.05, 4.69) is 20.8 Å². The van der Waals surface area contributed by atoms with E-state index in [1.807, 2.05) is 60.9 Å². The van der Waals surface area contributed by atoms with Gasteiger partial charge in [0, 0.05) is 34.8 Å². The zero-order valence-electron chi connectivity index (χ0n) is 25.8. The van der Waals surface area contributed by atoms with Crippen molar-refractivity contribution in [2.75, 3.05) is 19.7 Å². The molecule has 3 N–H and O–H groups in total. The molecule has 1 aromatic heterocycles. The van der Waals surface area contributed by atoms with Gasteiger partial charge in [0.2, 0.25) is 5.91 Å². The van der Waals surface area contributed by atoms with Crippen LogP contribution in [0.4, 0.5) is 0 Å². The number of rotatable bonds is 11. The number of nitrogens with zero attached hydrogens (tertiary/aromatic N) is 4. The number of aromatic nitrogens is 3. The molecule has 1 atom stereocenters. The summed E-state index contributed by atoms with van der Waals surface area (Å²) in [6.45, 7) is 8.42. The van der Waals surface area contributed by atoms with Crippen molar-refractivity contribution in [3.63, 3.8) is 0 Å². The lowest BCUT2D eigenvalue weighted by atomic mass is 9.96. The molecular weight excluding hydrogens is 592 g/mol. The van der Waals surface area contributed by atoms with Gasteiger partial charge >= 0.3 is 0 Å². The molecule has 0 saturated heterocycles. The first kappa shape index (κ1) is 31.9. The van der Waals surface area contributed by atoms with Crippen molar-refractivity contribution < 1.29 is 19.4 Å². The third kappa shape index (κ3) is 7.41. The highest BCUT2D eigenvalue weighted by molar-refractivity contribution is 6.30. The first-order valence-corrected chi connectivity index (χ1v) is 15.3. The second kappa shape index (κ2) is 13.6. The molecule has 0 spiro atoms. The van der Waals surface area contributed by atoms with Crippen LogP contribution in [-0.4, -0.2) is 57.1 Å². The summed E-state index contributed by atoms with van der Waals surface area (Å²) in [7, 11) is 0. The van der Waals surface area contributed by atoms with Gasteiger partial charge in [-0.05, 0) is 82.1 Å². The Balaban J connectivity index is 1.36. The monoisotopic (exact) mass is 628 g/mol. The number of benzene rings is 3. The number of nitrogens with one attached hydrogen (secondary N) is 2. The number of fused-ring (bicyclic) bond motifs is 3. The predicted molar refractivity (Wildman–Crippen MR) is 173 cm³/mol. The van der Waals surface area contributed by atoms with E-state index < -0.39 is 11.6 Å². The fraction of sp³-hybridized carbons (Fsp3) is 0.324. The molecule has 1 aliphatic heterocycles. The number of ether oxygens (including phenoxy) is 1. The average Bonchev–Trinajstić information content (AvgIpc) is 3.34. The molecule has 5 rings (SSSR count). The van der Waals surface area contributed by atoms with Crippen LogP contribution in [-0.2, 0) is 10.4 Å². The number of aliphatic imine (C=N–C) groups is 1. The largest absolute Gasteiger partial charge is 0.494 e. The molecule has 45 heavy (non-hydrogen) atoms. The summed E-state index contributed by atoms with van der Waals surface area (Å²) in [5, 5.41) is 25.4. The summed E-state index contributed by atoms with van der Waals surface area (Å²) in [5.74, 6) is 1.56. The lowest BCUT2D eigenvalue weighted by Gasteiger charge is -2.18. The van der Waals surface area contributed by atoms with Gasteiger partial charge in [0.1, 0.15) is 17.6 Å². The van der Waals surface area contributed by atoms with Crippen LogP contribution < -0.4 is 15.4 Å². The molecule has 0 aliphatic carbocycles. The van der Waals surface area contributed by atoms with Gasteiger partial charge in [-0.1, -0.05) is 35.9 Å². The fourth-order valence-corrected chi connectivity index (χ4v) is 5.32. The maximum Gasteiger partial charge on any atom is 0.251 e. The van der Waals surface area contributed by atoms with Crippen LogP contribution in [0.15, 0.2) is 71.7 Å². The Morgan fingerprint density at radius 1 is 1.04 bits per heavy atom. The number of carbonyl (C=O) groups excluding carboxylic acids is 2. The average molecular weight is 629 g/mol. The smallest absolute Gasteiger partial charge is 0.251 e. The van der Waals surface area contributed by atoms with Gasteiger partial charge in [-0.25, -0.2) is 0 Å². The topological polar surface area (TPSA) is 131 Å². The van der Waals surface area contributed by atoms with Gasteiger partial charge in [0.05, 0.1) is 30.0 Å². The van der Waals surface area contributed by atoms with E-state index in [-0.39, 0.29) is 18.2 Å². The minimum absolute atomic E-state index is 0.119. The molecular formula is C34H37ClN6O4. The van der Waals surface area contributed by atoms with Crippen molar-refractivity contribution >= 4 is 29.1 Å². The van der Waals surface area contributed by atoms with E-state index in [1.165, 1.54) is 0 Å². The zero-order chi connectivity index (χ0) is 32.1. The summed E-state index contributed by atoms with van der Waals surface area (Å²) in [4.78, 5) is 30.5. The highest BCUT2D eigenvalue weighted by Gasteiger charge is 2.30. The fourth-order valence-electron chi connectivity index (χ4n) is 5.19. The summed E-state index contributed by atoms with van der Waals surface area (Å²) >= 11 is 6.21. The molecule has 1 aliphatic rings. The van der Waals surface area contributed by atoms with Crippen LogP contribution in [0.3, 0.4) is 0 Å². The van der Waals surface area contributed by atoms with Gasteiger partial charge in [-0.2, -0.15) is 0 Å². The number of hydrogen-bond donors (Lipinski definition) is 3. The third-order valence-electron chi connectivity index (χ3n) is 7.47. The molecule has 2 amide bonds. The predicted octanol–water partition coefficient (Wildman–Crippen LogP) is 5.07. The highest BCUT2D eigenvalue weighted by Crippen LogP contribution is 2.34. The quantitative estimate of drug-likeness (QED) is 0.199. The molecule has 3 aromatic carbocycles. The van der Waals surface area contributed by atoms with Crippen LogP contribution in [0.2, 0.25) is 5.02 Å². The standard InChI is InChI=1S/C34H37ClN6O4/c1-5-36-30(42)20-28-32-40-39-21(2)41(32)29-15-14-26(19-27(29)31(38-28)22-10-12-25(35)13-11-22)45-17-7-16-37-33(43)23-8-6-9-24(18-23)34(3,4)44/h6,8-15,18-19,28,44H,5,7,16-17,20H2,1-4H3,(H,36,42)(H,37,43). The molecule has 4 aromatic rings. The highest BCUT2D eigenvalue weighted by atomic mass is 35.5. The maximum absolute atomic E-state index is 12.7. The Morgan fingerprint density at radius 2 is 1.82 bits per heavy atom. The summed E-state index contributed by atoms with van der Waals surface area (Å²) < 4.78 is 8.07. The van der Waals surface area contributed by atoms with Crippen LogP contribution in [0, 0.1) is 6.92 Å². The van der Waals surface area contributed by atoms with Gasteiger partial charge in [-0.3, -0.25) is 19.1 Å². The molecule has 2 heterocycles. The Kier molecular flexibility index (Phi) is 9.65. The van der Waals surface area contributed by atoms with Crippen molar-refractivity contribution in [2.45, 2.75) is 52.2 Å². The van der Waals surface area contributed by atoms with Crippen molar-refractivity contribution in [3.8, 4) is 11.4 Å². The third-order valence-corrected chi connectivity index (χ3v) is 7.73. The second-order valence-electron chi connectivity index (χ2n) is 11.4. The minimum Gasteiger partial charge on any atom is -0.494 e. The van der Waals surface area contributed by atoms with E-state index in [9.17, 15) is 14.7 Å².